The van der Waals surface area contributed by atoms with E-state index < -0.39 is 117 Å². The third-order valence-corrected chi connectivity index (χ3v) is 14.9. The first-order chi connectivity index (χ1) is 39.1. The molecule has 7 rings (SSSR count). The standard InChI is InChI=1S/C56H66N8O18S/c1-8-34-35-25-33(80-54(74)81-55(5,6)7)18-19-39(35)60-47-36(34)27-64-41(47)26-38-37(50(64)70)29-78-51(71)56(38,9-2)82-53(73)79-28-31-16-17-32(24-42(31)83(75,76)77)59-48(68)40(14-13-22-58-52(57)72)61-49(69)46(30(3)4)62-43(65)15-11-10-12-23-63-44(66)20-21-45(63)67/h16-21,24-26,30,40,46H,8-15,22-23,27-29H2,1-7H3,(H,59,68)(H,61,69)(H,62,65)(H3,57,58,72)(H,75,76,77)/t40-,46-,56-/m0/s1. The van der Waals surface area contributed by atoms with E-state index in [4.69, 9.17) is 34.4 Å². The highest BCUT2D eigenvalue weighted by atomic mass is 32.2. The van der Waals surface area contributed by atoms with Gasteiger partial charge in [-0.05, 0) is 107 Å². The molecule has 7 N–H and O–H groups in total. The second kappa shape index (κ2) is 25.6. The lowest BCUT2D eigenvalue weighted by Gasteiger charge is -2.35. The minimum Gasteiger partial charge on any atom is -0.457 e. The van der Waals surface area contributed by atoms with Gasteiger partial charge in [0.1, 0.15) is 41.5 Å². The minimum atomic E-state index is -5.13. The van der Waals surface area contributed by atoms with Gasteiger partial charge in [0.2, 0.25) is 23.3 Å². The van der Waals surface area contributed by atoms with Crippen LogP contribution in [0.2, 0.25) is 0 Å². The van der Waals surface area contributed by atoms with Crippen molar-refractivity contribution in [3.63, 3.8) is 0 Å². The van der Waals surface area contributed by atoms with Crippen LogP contribution in [0.15, 0.2) is 64.3 Å². The smallest absolute Gasteiger partial charge is 0.457 e. The zero-order chi connectivity index (χ0) is 60.7. The molecule has 0 aliphatic carbocycles. The second-order valence-corrected chi connectivity index (χ2v) is 22.7. The summed E-state index contributed by atoms with van der Waals surface area (Å²) in [4.78, 5) is 135. The summed E-state index contributed by atoms with van der Waals surface area (Å²) in [6.07, 6.45) is 1.55. The number of esters is 1. The van der Waals surface area contributed by atoms with E-state index in [1.807, 2.05) is 6.92 Å². The molecule has 83 heavy (non-hydrogen) atoms. The summed E-state index contributed by atoms with van der Waals surface area (Å²) in [5, 5.41) is 10.8. The van der Waals surface area contributed by atoms with Crippen molar-refractivity contribution >= 4 is 80.6 Å². The number of rotatable bonds is 23. The van der Waals surface area contributed by atoms with Gasteiger partial charge in [-0.25, -0.2) is 24.2 Å². The van der Waals surface area contributed by atoms with Gasteiger partial charge in [-0.3, -0.25) is 38.2 Å². The van der Waals surface area contributed by atoms with Gasteiger partial charge in [0.25, 0.3) is 27.5 Å². The summed E-state index contributed by atoms with van der Waals surface area (Å²) in [5.74, 6) is -4.20. The van der Waals surface area contributed by atoms with Crippen molar-refractivity contribution in [1.82, 2.24) is 30.4 Å². The number of hydrogen-bond donors (Lipinski definition) is 6. The molecule has 3 atom stereocenters. The van der Waals surface area contributed by atoms with Crippen LogP contribution in [0.1, 0.15) is 121 Å². The Morgan fingerprint density at radius 3 is 2.27 bits per heavy atom. The minimum absolute atomic E-state index is 0.00351. The zero-order valence-electron chi connectivity index (χ0n) is 46.8. The molecule has 2 aromatic heterocycles. The molecule has 0 radical (unpaired) electrons. The van der Waals surface area contributed by atoms with Crippen LogP contribution in [0.4, 0.5) is 20.1 Å². The lowest BCUT2D eigenvalue weighted by molar-refractivity contribution is -0.175. The van der Waals surface area contributed by atoms with Crippen LogP contribution in [-0.2, 0) is 89.6 Å². The van der Waals surface area contributed by atoms with E-state index in [0.29, 0.717) is 53.5 Å². The van der Waals surface area contributed by atoms with Crippen molar-refractivity contribution in [3.8, 4) is 17.1 Å². The largest absolute Gasteiger partial charge is 0.514 e. The number of aryl methyl sites for hydroxylation is 1. The molecule has 0 bridgehead atoms. The van der Waals surface area contributed by atoms with Crippen molar-refractivity contribution in [2.24, 2.45) is 11.7 Å². The van der Waals surface area contributed by atoms with E-state index in [1.165, 1.54) is 35.8 Å². The normalized spacial score (nSPS) is 16.1. The first kappa shape index (κ1) is 61.9. The summed E-state index contributed by atoms with van der Waals surface area (Å²) in [6.45, 7) is 10.8. The number of nitrogens with one attached hydrogen (secondary N) is 4. The van der Waals surface area contributed by atoms with E-state index in [1.54, 1.807) is 52.8 Å². The van der Waals surface area contributed by atoms with Gasteiger partial charge in [0, 0.05) is 59.4 Å². The highest BCUT2D eigenvalue weighted by Crippen LogP contribution is 2.43. The van der Waals surface area contributed by atoms with Crippen molar-refractivity contribution in [2.75, 3.05) is 18.4 Å². The second-order valence-electron chi connectivity index (χ2n) is 21.3. The van der Waals surface area contributed by atoms with Gasteiger partial charge in [0.05, 0.1) is 29.0 Å². The van der Waals surface area contributed by atoms with E-state index in [-0.39, 0.29) is 73.4 Å². The first-order valence-corrected chi connectivity index (χ1v) is 28.3. The predicted molar refractivity (Wildman–Crippen MR) is 295 cm³/mol. The van der Waals surface area contributed by atoms with Crippen LogP contribution in [0.3, 0.4) is 0 Å². The number of fused-ring (bicyclic) bond motifs is 5. The molecule has 7 amide bonds. The molecule has 444 valence electrons. The number of pyridine rings is 2. The van der Waals surface area contributed by atoms with Gasteiger partial charge in [-0.15, -0.1) is 0 Å². The number of cyclic esters (lactones) is 1. The molecule has 0 saturated carbocycles. The Morgan fingerprint density at radius 1 is 0.892 bits per heavy atom. The van der Waals surface area contributed by atoms with Crippen molar-refractivity contribution in [1.29, 1.82) is 0 Å². The summed E-state index contributed by atoms with van der Waals surface area (Å²) >= 11 is 0. The number of imide groups is 1. The number of hydrogen-bond acceptors (Lipinski definition) is 18. The van der Waals surface area contributed by atoms with Crippen LogP contribution < -0.4 is 37.3 Å². The van der Waals surface area contributed by atoms with Gasteiger partial charge < -0.3 is 55.3 Å². The van der Waals surface area contributed by atoms with Gasteiger partial charge >= 0.3 is 24.3 Å². The number of amides is 7. The average molecular weight is 1170 g/mol. The Labute approximate surface area is 476 Å². The van der Waals surface area contributed by atoms with E-state index in [9.17, 15) is 60.9 Å². The molecule has 2 aromatic carbocycles. The fourth-order valence-electron chi connectivity index (χ4n) is 9.87. The van der Waals surface area contributed by atoms with Crippen LogP contribution in [0, 0.1) is 5.92 Å². The maximum Gasteiger partial charge on any atom is 0.514 e. The summed E-state index contributed by atoms with van der Waals surface area (Å²) in [6, 6.07) is 6.27. The topological polar surface area (TPSA) is 366 Å². The highest BCUT2D eigenvalue weighted by Gasteiger charge is 2.51. The molecule has 5 heterocycles. The van der Waals surface area contributed by atoms with Crippen LogP contribution >= 0.6 is 0 Å². The van der Waals surface area contributed by atoms with E-state index in [0.717, 1.165) is 22.6 Å². The fourth-order valence-corrected chi connectivity index (χ4v) is 10.6. The molecule has 3 aliphatic rings. The Hall–Kier alpha value is -8.72. The van der Waals surface area contributed by atoms with Crippen LogP contribution in [0.5, 0.6) is 5.75 Å². The number of carbonyl (C=O) groups is 9. The van der Waals surface area contributed by atoms with Crippen molar-refractivity contribution < 1.29 is 79.8 Å². The van der Waals surface area contributed by atoms with Crippen LogP contribution in [-0.4, -0.2) is 112 Å². The average Bonchev–Trinajstić information content (AvgIpc) is 1.84. The number of unbranched alkanes of at least 4 members (excludes halogenated alkanes) is 2. The number of primary amides is 1. The molecule has 0 fully saturated rings. The zero-order valence-corrected chi connectivity index (χ0v) is 47.7. The predicted octanol–water partition coefficient (Wildman–Crippen LogP) is 5.06. The molecule has 0 saturated heterocycles. The number of nitrogens with zero attached hydrogens (tertiary/aromatic N) is 3. The lowest BCUT2D eigenvalue weighted by Crippen LogP contribution is -2.54. The summed E-state index contributed by atoms with van der Waals surface area (Å²) in [5.41, 5.74) is 3.85. The number of carbonyl (C=O) groups excluding carboxylic acids is 9. The van der Waals surface area contributed by atoms with E-state index in [2.05, 4.69) is 21.3 Å². The monoisotopic (exact) mass is 1170 g/mol. The third kappa shape index (κ3) is 14.5. The Morgan fingerprint density at radius 2 is 1.61 bits per heavy atom. The Kier molecular flexibility index (Phi) is 19.1. The molecule has 4 aromatic rings. The number of nitrogens with two attached hydrogens (primary N) is 1. The number of ether oxygens (including phenoxy) is 5. The molecule has 0 unspecified atom stereocenters. The molecule has 3 aliphatic heterocycles. The van der Waals surface area contributed by atoms with Crippen molar-refractivity contribution in [2.45, 2.75) is 148 Å². The maximum atomic E-state index is 14.4. The number of benzene rings is 2. The van der Waals surface area contributed by atoms with Gasteiger partial charge in [-0.1, -0.05) is 40.2 Å². The summed E-state index contributed by atoms with van der Waals surface area (Å²) < 4.78 is 64.9. The summed E-state index contributed by atoms with van der Waals surface area (Å²) in [7, 11) is -5.13. The fraction of sp³-hybridized carbons (Fsp3) is 0.446. The quantitative estimate of drug-likeness (QED) is 0.0124. The maximum absolute atomic E-state index is 14.4. The molecular weight excluding hydrogens is 1100 g/mol. The molecule has 27 heteroatoms. The van der Waals surface area contributed by atoms with Crippen LogP contribution in [0.25, 0.3) is 22.3 Å². The number of anilines is 1. The molecule has 26 nitrogen and oxygen atoms in total. The number of aromatic nitrogens is 2. The number of urea groups is 1. The third-order valence-electron chi connectivity index (χ3n) is 14.0. The van der Waals surface area contributed by atoms with Crippen molar-refractivity contribution in [3.05, 3.63) is 92.8 Å². The first-order valence-electron chi connectivity index (χ1n) is 26.9. The molecule has 0 spiro atoms. The SMILES string of the molecule is CCc1c2c(nc3ccc(OC(=O)OC(C)(C)C)cc13)-c1cc3c(c(=O)n1C2)COC(=O)[C@@]3(CC)OC(=O)OCc1ccc(NC(=O)[C@H](CCCNC(N)=O)NC(=O)[C@@H](NC(=O)CCCCCN2C(=O)C=CC2=O)C(C)C)cc1S(=O)(=O)O. The lowest BCUT2D eigenvalue weighted by atomic mass is 9.85. The van der Waals surface area contributed by atoms with Gasteiger partial charge in [0.15, 0.2) is 0 Å². The van der Waals surface area contributed by atoms with Gasteiger partial charge in [-0.2, -0.15) is 8.42 Å². The Bertz CT molecular complexity index is 3480. The van der Waals surface area contributed by atoms with E-state index >= 15 is 0 Å². The highest BCUT2D eigenvalue weighted by molar-refractivity contribution is 7.85. The molecular formula is C56H66N8O18S. The Balaban J connectivity index is 1.05.